The van der Waals surface area contributed by atoms with Crippen LogP contribution in [0.25, 0.3) is 10.8 Å². The van der Waals surface area contributed by atoms with E-state index in [0.29, 0.717) is 5.69 Å². The zero-order valence-electron chi connectivity index (χ0n) is 15.4. The molecule has 0 aromatic heterocycles. The van der Waals surface area contributed by atoms with Crippen molar-refractivity contribution in [2.24, 2.45) is 5.14 Å². The van der Waals surface area contributed by atoms with Gasteiger partial charge in [-0.3, -0.25) is 4.79 Å². The van der Waals surface area contributed by atoms with Gasteiger partial charge in [0.15, 0.2) is 0 Å². The van der Waals surface area contributed by atoms with E-state index >= 15 is 0 Å². The molecule has 0 spiro atoms. The number of aryl methyl sites for hydroxylation is 2. The van der Waals surface area contributed by atoms with Crippen LogP contribution in [0.1, 0.15) is 18.1 Å². The number of nitrogens with one attached hydrogen (secondary N) is 2. The number of hydrogen-bond acceptors (Lipinski definition) is 4. The number of hydrogen-bond donors (Lipinski definition) is 3. The van der Waals surface area contributed by atoms with Crippen molar-refractivity contribution in [1.29, 1.82) is 0 Å². The maximum atomic E-state index is 12.6. The summed E-state index contributed by atoms with van der Waals surface area (Å²) in [6.45, 7) is 1.79. The summed E-state index contributed by atoms with van der Waals surface area (Å²) in [5, 5.41) is 13.6. The number of rotatable bonds is 5. The highest BCUT2D eigenvalue weighted by molar-refractivity contribution is 7.89. The van der Waals surface area contributed by atoms with Gasteiger partial charge in [-0.2, -0.15) is 0 Å². The van der Waals surface area contributed by atoms with E-state index in [9.17, 15) is 13.2 Å². The first-order valence-electron chi connectivity index (χ1n) is 9.07. The number of amides is 1. The van der Waals surface area contributed by atoms with Crippen molar-refractivity contribution in [3.63, 3.8) is 0 Å². The van der Waals surface area contributed by atoms with Crippen molar-refractivity contribution in [2.45, 2.75) is 30.7 Å². The van der Waals surface area contributed by atoms with Crippen LogP contribution in [0.15, 0.2) is 59.5 Å². The van der Waals surface area contributed by atoms with E-state index in [1.807, 2.05) is 6.07 Å². The van der Waals surface area contributed by atoms with Gasteiger partial charge in [0.2, 0.25) is 15.9 Å². The molecule has 4 rings (SSSR count). The predicted octanol–water partition coefficient (Wildman–Crippen LogP) is 3.02. The summed E-state index contributed by atoms with van der Waals surface area (Å²) in [4.78, 5) is 12.6. The molecule has 1 unspecified atom stereocenters. The highest BCUT2D eigenvalue weighted by Crippen LogP contribution is 2.35. The van der Waals surface area contributed by atoms with Crippen LogP contribution in [0.4, 0.5) is 11.4 Å². The Morgan fingerprint density at radius 1 is 1.00 bits per heavy atom. The predicted molar refractivity (Wildman–Crippen MR) is 111 cm³/mol. The minimum atomic E-state index is -3.75. The fraction of sp³-hybridized carbons (Fsp3) is 0.190. The van der Waals surface area contributed by atoms with E-state index in [-0.39, 0.29) is 10.8 Å². The molecule has 0 fully saturated rings. The largest absolute Gasteiger partial charge is 0.373 e. The number of nitrogens with two attached hydrogens (primary N) is 1. The fourth-order valence-corrected chi connectivity index (χ4v) is 4.17. The zero-order valence-corrected chi connectivity index (χ0v) is 16.2. The smallest absolute Gasteiger partial charge is 0.246 e. The molecule has 0 saturated carbocycles. The lowest BCUT2D eigenvalue weighted by molar-refractivity contribution is -0.116. The molecule has 7 heteroatoms. The summed E-state index contributed by atoms with van der Waals surface area (Å²) < 4.78 is 22.6. The van der Waals surface area contributed by atoms with Crippen LogP contribution in [-0.4, -0.2) is 20.4 Å². The molecule has 1 aliphatic carbocycles. The second-order valence-corrected chi connectivity index (χ2v) is 8.60. The van der Waals surface area contributed by atoms with Crippen LogP contribution >= 0.6 is 0 Å². The Morgan fingerprint density at radius 2 is 1.68 bits per heavy atom. The molecule has 6 nitrogen and oxygen atoms in total. The first-order chi connectivity index (χ1) is 13.3. The third kappa shape index (κ3) is 3.46. The Labute approximate surface area is 163 Å². The molecule has 1 amide bonds. The van der Waals surface area contributed by atoms with Crippen LogP contribution < -0.4 is 15.8 Å². The monoisotopic (exact) mass is 395 g/mol. The second-order valence-electron chi connectivity index (χ2n) is 7.04. The molecule has 0 aliphatic heterocycles. The minimum absolute atomic E-state index is 0.00422. The molecule has 1 atom stereocenters. The quantitative estimate of drug-likeness (QED) is 0.618. The van der Waals surface area contributed by atoms with E-state index in [1.54, 1.807) is 6.92 Å². The molecule has 0 radical (unpaired) electrons. The van der Waals surface area contributed by atoms with Gasteiger partial charge in [-0.25, -0.2) is 13.6 Å². The lowest BCUT2D eigenvalue weighted by Crippen LogP contribution is -2.32. The first kappa shape index (κ1) is 18.5. The Bertz CT molecular complexity index is 1160. The van der Waals surface area contributed by atoms with Crippen molar-refractivity contribution in [2.75, 3.05) is 10.6 Å². The molecule has 1 aliphatic rings. The van der Waals surface area contributed by atoms with Gasteiger partial charge in [-0.05, 0) is 66.6 Å². The average Bonchev–Trinajstić information content (AvgIpc) is 3.08. The van der Waals surface area contributed by atoms with Gasteiger partial charge in [0.05, 0.1) is 4.90 Å². The van der Waals surface area contributed by atoms with E-state index in [2.05, 4.69) is 34.9 Å². The van der Waals surface area contributed by atoms with Gasteiger partial charge in [0, 0.05) is 16.8 Å². The molecular weight excluding hydrogens is 374 g/mol. The lowest BCUT2D eigenvalue weighted by Gasteiger charge is -2.17. The van der Waals surface area contributed by atoms with Gasteiger partial charge < -0.3 is 10.6 Å². The lowest BCUT2D eigenvalue weighted by atomic mass is 10.0. The number of carbonyl (C=O) groups excluding carboxylic acids is 1. The number of carbonyl (C=O) groups is 1. The van der Waals surface area contributed by atoms with E-state index < -0.39 is 16.1 Å². The van der Waals surface area contributed by atoms with Gasteiger partial charge in [-0.15, -0.1) is 0 Å². The average molecular weight is 395 g/mol. The maximum Gasteiger partial charge on any atom is 0.246 e. The molecule has 28 heavy (non-hydrogen) atoms. The van der Waals surface area contributed by atoms with Crippen LogP contribution in [0.3, 0.4) is 0 Å². The van der Waals surface area contributed by atoms with E-state index in [4.69, 9.17) is 5.14 Å². The summed E-state index contributed by atoms with van der Waals surface area (Å²) in [5.74, 6) is -0.216. The van der Waals surface area contributed by atoms with Crippen LogP contribution in [0, 0.1) is 0 Å². The second kappa shape index (κ2) is 6.92. The molecule has 3 aromatic carbocycles. The number of primary sulfonamides is 1. The van der Waals surface area contributed by atoms with Gasteiger partial charge in [-0.1, -0.05) is 24.3 Å². The summed E-state index contributed by atoms with van der Waals surface area (Å²) >= 11 is 0. The summed E-state index contributed by atoms with van der Waals surface area (Å²) in [6, 6.07) is 15.7. The third-order valence-corrected chi connectivity index (χ3v) is 6.02. The standard InChI is InChI=1S/C21H21N3O3S/c1-13(21(25)24-16-8-10-17(11-9-16)28(22,26)27)23-19-12-7-15-6-5-14-3-2-4-18(19)20(14)15/h2-4,7-13,23H,5-6H2,1H3,(H,24,25)(H2,22,26,27). The van der Waals surface area contributed by atoms with Gasteiger partial charge in [0.25, 0.3) is 0 Å². The summed E-state index contributed by atoms with van der Waals surface area (Å²) in [7, 11) is -3.75. The van der Waals surface area contributed by atoms with Crippen molar-refractivity contribution in [1.82, 2.24) is 0 Å². The summed E-state index contributed by atoms with van der Waals surface area (Å²) in [6.07, 6.45) is 2.11. The van der Waals surface area contributed by atoms with E-state index in [1.165, 1.54) is 40.8 Å². The van der Waals surface area contributed by atoms with Crippen molar-refractivity contribution in [3.8, 4) is 0 Å². The molecule has 4 N–H and O–H groups in total. The van der Waals surface area contributed by atoms with E-state index in [0.717, 1.165) is 23.9 Å². The van der Waals surface area contributed by atoms with Gasteiger partial charge in [0.1, 0.15) is 6.04 Å². The van der Waals surface area contributed by atoms with Crippen LogP contribution in [0.5, 0.6) is 0 Å². The maximum absolute atomic E-state index is 12.6. The van der Waals surface area contributed by atoms with Crippen molar-refractivity contribution < 1.29 is 13.2 Å². The number of anilines is 2. The third-order valence-electron chi connectivity index (χ3n) is 5.09. The molecular formula is C21H21N3O3S. The Balaban J connectivity index is 1.51. The number of benzene rings is 3. The normalized spacial score (nSPS) is 14.1. The number of sulfonamides is 1. The SMILES string of the molecule is CC(Nc1ccc2c3c(cccc13)CC2)C(=O)Nc1ccc(S(N)(=O)=O)cc1. The Kier molecular flexibility index (Phi) is 4.56. The van der Waals surface area contributed by atoms with Gasteiger partial charge >= 0.3 is 0 Å². The van der Waals surface area contributed by atoms with Crippen molar-refractivity contribution >= 4 is 38.1 Å². The fourth-order valence-electron chi connectivity index (χ4n) is 3.65. The molecule has 144 valence electrons. The van der Waals surface area contributed by atoms with Crippen LogP contribution in [-0.2, 0) is 27.7 Å². The highest BCUT2D eigenvalue weighted by atomic mass is 32.2. The Hall–Kier alpha value is -2.90. The Morgan fingerprint density at radius 3 is 2.36 bits per heavy atom. The molecule has 0 bridgehead atoms. The topological polar surface area (TPSA) is 101 Å². The molecule has 3 aromatic rings. The highest BCUT2D eigenvalue weighted by Gasteiger charge is 2.19. The summed E-state index contributed by atoms with van der Waals surface area (Å²) in [5.41, 5.74) is 4.13. The molecule has 0 saturated heterocycles. The van der Waals surface area contributed by atoms with Crippen molar-refractivity contribution in [3.05, 3.63) is 65.7 Å². The zero-order chi connectivity index (χ0) is 19.9. The van der Waals surface area contributed by atoms with Crippen LogP contribution in [0.2, 0.25) is 0 Å². The minimum Gasteiger partial charge on any atom is -0.373 e. The first-order valence-corrected chi connectivity index (χ1v) is 10.6. The molecule has 0 heterocycles.